The molecule has 0 radical (unpaired) electrons. The van der Waals surface area contributed by atoms with Crippen molar-refractivity contribution in [2.45, 2.75) is 20.0 Å². The molecule has 0 aliphatic carbocycles. The van der Waals surface area contributed by atoms with Gasteiger partial charge in [0.25, 0.3) is 5.91 Å². The van der Waals surface area contributed by atoms with Crippen molar-refractivity contribution in [1.82, 2.24) is 4.90 Å². The lowest BCUT2D eigenvalue weighted by Crippen LogP contribution is -2.30. The third-order valence-electron chi connectivity index (χ3n) is 4.42. The number of hydrogen-bond acceptors (Lipinski definition) is 5. The maximum Gasteiger partial charge on any atom is 0.254 e. The number of methoxy groups -OCH3 is 2. The van der Waals surface area contributed by atoms with Gasteiger partial charge in [0.1, 0.15) is 23.0 Å². The Kier molecular flexibility index (Phi) is 6.79. The quantitative estimate of drug-likeness (QED) is 0.532. The number of carbonyl (C=O) groups is 1. The smallest absolute Gasteiger partial charge is 0.254 e. The lowest BCUT2D eigenvalue weighted by atomic mass is 10.1. The molecule has 2 aromatic carbocycles. The zero-order valence-electron chi connectivity index (χ0n) is 16.9. The van der Waals surface area contributed by atoms with E-state index in [1.165, 1.54) is 0 Å². The average Bonchev–Trinajstić information content (AvgIpc) is 3.27. The Morgan fingerprint density at radius 2 is 1.62 bits per heavy atom. The van der Waals surface area contributed by atoms with Gasteiger partial charge in [-0.2, -0.15) is 0 Å². The van der Waals surface area contributed by atoms with Gasteiger partial charge in [-0.25, -0.2) is 0 Å². The molecular weight excluding hydrogens is 370 g/mol. The van der Waals surface area contributed by atoms with Crippen molar-refractivity contribution in [1.29, 1.82) is 0 Å². The molecular formula is C23H25NO5. The summed E-state index contributed by atoms with van der Waals surface area (Å²) in [4.78, 5) is 15.1. The van der Waals surface area contributed by atoms with Gasteiger partial charge in [0.15, 0.2) is 0 Å². The van der Waals surface area contributed by atoms with Crippen molar-refractivity contribution in [3.63, 3.8) is 0 Å². The van der Waals surface area contributed by atoms with Crippen LogP contribution in [-0.2, 0) is 13.1 Å². The number of ether oxygens (including phenoxy) is 3. The highest BCUT2D eigenvalue weighted by Crippen LogP contribution is 2.25. The predicted molar refractivity (Wildman–Crippen MR) is 109 cm³/mol. The fourth-order valence-electron chi connectivity index (χ4n) is 2.98. The van der Waals surface area contributed by atoms with Crippen molar-refractivity contribution in [3.05, 3.63) is 77.7 Å². The molecule has 0 saturated heterocycles. The maximum atomic E-state index is 13.3. The van der Waals surface area contributed by atoms with Crippen LogP contribution in [0.2, 0.25) is 0 Å². The van der Waals surface area contributed by atoms with Crippen LogP contribution >= 0.6 is 0 Å². The molecule has 1 aromatic heterocycles. The van der Waals surface area contributed by atoms with Gasteiger partial charge < -0.3 is 23.5 Å². The number of furan rings is 1. The zero-order chi connectivity index (χ0) is 20.6. The van der Waals surface area contributed by atoms with Gasteiger partial charge in [0, 0.05) is 18.2 Å². The molecule has 29 heavy (non-hydrogen) atoms. The lowest BCUT2D eigenvalue weighted by Gasteiger charge is -2.23. The Morgan fingerprint density at radius 1 is 0.931 bits per heavy atom. The van der Waals surface area contributed by atoms with Gasteiger partial charge in [-0.15, -0.1) is 0 Å². The molecule has 152 valence electrons. The molecule has 0 atom stereocenters. The van der Waals surface area contributed by atoms with Crippen LogP contribution in [0.3, 0.4) is 0 Å². The fraction of sp³-hybridized carbons (Fsp3) is 0.261. The number of benzene rings is 2. The van der Waals surface area contributed by atoms with Crippen molar-refractivity contribution < 1.29 is 23.4 Å². The SMILES string of the molecule is CCOc1ccc(CN(Cc2ccco2)C(=O)c2cc(OC)cc(OC)c2)cc1. The second-order valence-electron chi connectivity index (χ2n) is 6.42. The van der Waals surface area contributed by atoms with Crippen LogP contribution in [-0.4, -0.2) is 31.6 Å². The summed E-state index contributed by atoms with van der Waals surface area (Å²) in [5.74, 6) is 2.49. The summed E-state index contributed by atoms with van der Waals surface area (Å²) in [5, 5.41) is 0. The normalized spacial score (nSPS) is 10.4. The zero-order valence-corrected chi connectivity index (χ0v) is 16.9. The average molecular weight is 395 g/mol. The minimum absolute atomic E-state index is 0.146. The summed E-state index contributed by atoms with van der Waals surface area (Å²) in [7, 11) is 3.12. The maximum absolute atomic E-state index is 13.3. The third-order valence-corrected chi connectivity index (χ3v) is 4.42. The summed E-state index contributed by atoms with van der Waals surface area (Å²) in [6.07, 6.45) is 1.60. The van der Waals surface area contributed by atoms with Gasteiger partial charge in [-0.1, -0.05) is 12.1 Å². The minimum Gasteiger partial charge on any atom is -0.497 e. The van der Waals surface area contributed by atoms with Gasteiger partial charge in [-0.3, -0.25) is 4.79 Å². The van der Waals surface area contributed by atoms with Crippen LogP contribution < -0.4 is 14.2 Å². The number of nitrogens with zero attached hydrogens (tertiary/aromatic N) is 1. The van der Waals surface area contributed by atoms with Crippen molar-refractivity contribution in [2.75, 3.05) is 20.8 Å². The van der Waals surface area contributed by atoms with Crippen molar-refractivity contribution in [2.24, 2.45) is 0 Å². The van der Waals surface area contributed by atoms with Gasteiger partial charge in [-0.05, 0) is 48.9 Å². The summed E-state index contributed by atoms with van der Waals surface area (Å²) in [6, 6.07) is 16.5. The summed E-state index contributed by atoms with van der Waals surface area (Å²) >= 11 is 0. The Bertz CT molecular complexity index is 897. The van der Waals surface area contributed by atoms with Crippen LogP contribution in [0.15, 0.2) is 65.3 Å². The number of amides is 1. The van der Waals surface area contributed by atoms with E-state index in [1.807, 2.05) is 43.3 Å². The largest absolute Gasteiger partial charge is 0.497 e. The van der Waals surface area contributed by atoms with Crippen molar-refractivity contribution >= 4 is 5.91 Å². The molecule has 1 heterocycles. The summed E-state index contributed by atoms with van der Waals surface area (Å²) < 4.78 is 21.6. The Balaban J connectivity index is 1.87. The van der Waals surface area contributed by atoms with E-state index in [9.17, 15) is 4.79 Å². The summed E-state index contributed by atoms with van der Waals surface area (Å²) in [5.41, 5.74) is 1.47. The number of rotatable bonds is 9. The second-order valence-corrected chi connectivity index (χ2v) is 6.42. The molecule has 0 N–H and O–H groups in total. The molecule has 6 heteroatoms. The highest BCUT2D eigenvalue weighted by Gasteiger charge is 2.20. The van der Waals surface area contributed by atoms with Crippen LogP contribution in [0.4, 0.5) is 0 Å². The monoisotopic (exact) mass is 395 g/mol. The van der Waals surface area contributed by atoms with E-state index in [4.69, 9.17) is 18.6 Å². The van der Waals surface area contributed by atoms with E-state index in [2.05, 4.69) is 0 Å². The topological polar surface area (TPSA) is 61.1 Å². The van der Waals surface area contributed by atoms with E-state index in [0.29, 0.717) is 42.5 Å². The minimum atomic E-state index is -0.146. The van der Waals surface area contributed by atoms with E-state index in [0.717, 1.165) is 11.3 Å². The van der Waals surface area contributed by atoms with Crippen LogP contribution in [0.5, 0.6) is 17.2 Å². The predicted octanol–water partition coefficient (Wildman–Crippen LogP) is 4.54. The Morgan fingerprint density at radius 3 is 2.17 bits per heavy atom. The number of hydrogen-bond donors (Lipinski definition) is 0. The van der Waals surface area contributed by atoms with Crippen LogP contribution in [0.25, 0.3) is 0 Å². The molecule has 0 unspecified atom stereocenters. The van der Waals surface area contributed by atoms with Crippen molar-refractivity contribution in [3.8, 4) is 17.2 Å². The molecule has 0 fully saturated rings. The molecule has 0 bridgehead atoms. The first kappa shape index (κ1) is 20.3. The van der Waals surface area contributed by atoms with E-state index in [1.54, 1.807) is 43.6 Å². The van der Waals surface area contributed by atoms with E-state index in [-0.39, 0.29) is 5.91 Å². The fourth-order valence-corrected chi connectivity index (χ4v) is 2.98. The molecule has 6 nitrogen and oxygen atoms in total. The molecule has 3 rings (SSSR count). The first-order valence-corrected chi connectivity index (χ1v) is 9.39. The van der Waals surface area contributed by atoms with E-state index >= 15 is 0 Å². The highest BCUT2D eigenvalue weighted by molar-refractivity contribution is 5.95. The first-order chi connectivity index (χ1) is 14.1. The standard InChI is InChI=1S/C23H25NO5/c1-4-28-19-9-7-17(8-10-19)15-24(16-20-6-5-11-29-20)23(25)18-12-21(26-2)14-22(13-18)27-3/h5-14H,4,15-16H2,1-3H3. The van der Waals surface area contributed by atoms with Gasteiger partial charge in [0.05, 0.1) is 33.6 Å². The molecule has 3 aromatic rings. The first-order valence-electron chi connectivity index (χ1n) is 9.39. The van der Waals surface area contributed by atoms with Crippen LogP contribution in [0.1, 0.15) is 28.6 Å². The number of carbonyl (C=O) groups excluding carboxylic acids is 1. The summed E-state index contributed by atoms with van der Waals surface area (Å²) in [6.45, 7) is 3.32. The molecule has 1 amide bonds. The third kappa shape index (κ3) is 5.31. The molecule has 0 aliphatic heterocycles. The Hall–Kier alpha value is -3.41. The van der Waals surface area contributed by atoms with Gasteiger partial charge >= 0.3 is 0 Å². The molecule has 0 saturated carbocycles. The highest BCUT2D eigenvalue weighted by atomic mass is 16.5. The molecule has 0 aliphatic rings. The second kappa shape index (κ2) is 9.68. The van der Waals surface area contributed by atoms with Crippen LogP contribution in [0, 0.1) is 0 Å². The molecule has 0 spiro atoms. The van der Waals surface area contributed by atoms with E-state index < -0.39 is 0 Å². The lowest BCUT2D eigenvalue weighted by molar-refractivity contribution is 0.0717. The Labute approximate surface area is 170 Å². The van der Waals surface area contributed by atoms with Gasteiger partial charge in [0.2, 0.25) is 0 Å².